The second kappa shape index (κ2) is 7.90. The molecule has 3 heterocycles. The van der Waals surface area contributed by atoms with Gasteiger partial charge < -0.3 is 24.6 Å². The summed E-state index contributed by atoms with van der Waals surface area (Å²) < 4.78 is 10.6. The number of rotatable bonds is 4. The van der Waals surface area contributed by atoms with Crippen LogP contribution in [0.15, 0.2) is 60.7 Å². The highest BCUT2D eigenvalue weighted by molar-refractivity contribution is 6.25. The molecule has 35 heavy (non-hydrogen) atoms. The normalized spacial score (nSPS) is 22.7. The van der Waals surface area contributed by atoms with Gasteiger partial charge in [0.05, 0.1) is 32.0 Å². The van der Waals surface area contributed by atoms with Gasteiger partial charge in [0.2, 0.25) is 0 Å². The van der Waals surface area contributed by atoms with Crippen LogP contribution >= 0.6 is 0 Å². The number of urea groups is 2. The third kappa shape index (κ3) is 3.18. The minimum atomic E-state index is -0.689. The van der Waals surface area contributed by atoms with Crippen molar-refractivity contribution in [2.24, 2.45) is 0 Å². The largest absolute Gasteiger partial charge is 0.497 e. The van der Waals surface area contributed by atoms with Gasteiger partial charge in [-0.25, -0.2) is 14.5 Å². The molecule has 2 unspecified atom stereocenters. The fraction of sp³-hybridized carbons (Fsp3) is 0.269. The Balaban J connectivity index is 1.27. The summed E-state index contributed by atoms with van der Waals surface area (Å²) >= 11 is 0. The highest BCUT2D eigenvalue weighted by atomic mass is 16.5. The standard InChI is InChI=1S/C26H24N4O5/c1-34-18-10-16(11-19(13-18)35-2)27-25(32)28-14-17-12-22(28)23-24(31)30(26(33)29(17)23)21-9-5-7-15-6-3-4-8-20(15)21/h3-11,13,17,22-23H,12,14H2,1-2H3,(H,27,32)/t17?,22?,23-/m0/s1. The quantitative estimate of drug-likeness (QED) is 0.585. The predicted octanol–water partition coefficient (Wildman–Crippen LogP) is 3.68. The van der Waals surface area contributed by atoms with Gasteiger partial charge in [0.15, 0.2) is 0 Å². The Morgan fingerprint density at radius 3 is 2.43 bits per heavy atom. The fourth-order valence-electron chi connectivity index (χ4n) is 5.59. The molecule has 0 spiro atoms. The number of hydrogen-bond acceptors (Lipinski definition) is 5. The molecule has 2 bridgehead atoms. The van der Waals surface area contributed by atoms with Gasteiger partial charge in [-0.1, -0.05) is 36.4 Å². The average Bonchev–Trinajstić information content (AvgIpc) is 3.54. The van der Waals surface area contributed by atoms with Crippen LogP contribution in [0.25, 0.3) is 10.8 Å². The van der Waals surface area contributed by atoms with Gasteiger partial charge in [0.25, 0.3) is 5.91 Å². The number of nitrogens with zero attached hydrogens (tertiary/aromatic N) is 3. The van der Waals surface area contributed by atoms with Crippen LogP contribution in [0.3, 0.4) is 0 Å². The van der Waals surface area contributed by atoms with E-state index in [-0.39, 0.29) is 30.1 Å². The van der Waals surface area contributed by atoms with E-state index in [1.807, 2.05) is 36.4 Å². The third-order valence-corrected chi connectivity index (χ3v) is 7.14. The Bertz CT molecular complexity index is 1350. The van der Waals surface area contributed by atoms with E-state index >= 15 is 0 Å². The van der Waals surface area contributed by atoms with E-state index in [4.69, 9.17) is 9.47 Å². The third-order valence-electron chi connectivity index (χ3n) is 7.14. The van der Waals surface area contributed by atoms with E-state index in [1.54, 1.807) is 48.3 Å². The van der Waals surface area contributed by atoms with Crippen molar-refractivity contribution in [2.45, 2.75) is 24.5 Å². The molecular formula is C26H24N4O5. The first-order valence-electron chi connectivity index (χ1n) is 11.4. The molecule has 3 aliphatic rings. The maximum absolute atomic E-state index is 13.6. The van der Waals surface area contributed by atoms with Gasteiger partial charge in [-0.05, 0) is 17.9 Å². The highest BCUT2D eigenvalue weighted by Crippen LogP contribution is 2.43. The minimum Gasteiger partial charge on any atom is -0.497 e. The number of ether oxygens (including phenoxy) is 2. The van der Waals surface area contributed by atoms with Gasteiger partial charge in [-0.2, -0.15) is 0 Å². The number of likely N-dealkylation sites (tertiary alicyclic amines) is 1. The number of piperazine rings is 1. The lowest BCUT2D eigenvalue weighted by molar-refractivity contribution is -0.120. The van der Waals surface area contributed by atoms with Crippen molar-refractivity contribution >= 4 is 40.1 Å². The number of hydrogen-bond donors (Lipinski definition) is 1. The summed E-state index contributed by atoms with van der Waals surface area (Å²) in [7, 11) is 3.08. The number of benzene rings is 3. The van der Waals surface area contributed by atoms with Crippen molar-refractivity contribution in [3.63, 3.8) is 0 Å². The van der Waals surface area contributed by atoms with E-state index < -0.39 is 6.04 Å². The van der Waals surface area contributed by atoms with E-state index in [2.05, 4.69) is 5.32 Å². The first-order chi connectivity index (χ1) is 17.0. The van der Waals surface area contributed by atoms with E-state index in [9.17, 15) is 14.4 Å². The lowest BCUT2D eigenvalue weighted by Crippen LogP contribution is -2.55. The van der Waals surface area contributed by atoms with Crippen molar-refractivity contribution in [2.75, 3.05) is 31.0 Å². The lowest BCUT2D eigenvalue weighted by atomic mass is 10.1. The number of fused-ring (bicyclic) bond motifs is 6. The molecule has 0 saturated carbocycles. The first kappa shape index (κ1) is 21.3. The SMILES string of the molecule is COc1cc(NC(=O)N2CC3CC2[C@H]2C(=O)N(c4cccc5ccccc45)C(=O)N32)cc(OC)c1. The van der Waals surface area contributed by atoms with Crippen molar-refractivity contribution in [3.8, 4) is 11.5 Å². The molecule has 9 nitrogen and oxygen atoms in total. The Morgan fingerprint density at radius 2 is 1.69 bits per heavy atom. The van der Waals surface area contributed by atoms with Crippen molar-refractivity contribution < 1.29 is 23.9 Å². The Hall–Kier alpha value is -4.27. The molecule has 0 aromatic heterocycles. The summed E-state index contributed by atoms with van der Waals surface area (Å²) in [6, 6.07) is 16.5. The Labute approximate surface area is 201 Å². The van der Waals surface area contributed by atoms with Crippen molar-refractivity contribution in [1.29, 1.82) is 0 Å². The maximum Gasteiger partial charge on any atom is 0.332 e. The molecule has 1 N–H and O–H groups in total. The number of nitrogens with one attached hydrogen (secondary N) is 1. The van der Waals surface area contributed by atoms with Crippen LogP contribution in [0.5, 0.6) is 11.5 Å². The van der Waals surface area contributed by atoms with Crippen LogP contribution in [-0.2, 0) is 4.79 Å². The second-order valence-corrected chi connectivity index (χ2v) is 8.95. The maximum atomic E-state index is 13.6. The van der Waals surface area contributed by atoms with Crippen molar-refractivity contribution in [3.05, 3.63) is 60.7 Å². The summed E-state index contributed by atoms with van der Waals surface area (Å²) in [4.78, 5) is 44.8. The molecule has 3 fully saturated rings. The number of anilines is 2. The molecule has 178 valence electrons. The molecule has 3 atom stereocenters. The van der Waals surface area contributed by atoms with Crippen LogP contribution in [0.4, 0.5) is 21.0 Å². The van der Waals surface area contributed by atoms with E-state index in [0.717, 1.165) is 10.8 Å². The topological polar surface area (TPSA) is 91.4 Å². The summed E-state index contributed by atoms with van der Waals surface area (Å²) in [6.07, 6.45) is 0.584. The zero-order valence-electron chi connectivity index (χ0n) is 19.3. The molecular weight excluding hydrogens is 448 g/mol. The summed E-state index contributed by atoms with van der Waals surface area (Å²) in [5.74, 6) is 0.812. The number of methoxy groups -OCH3 is 2. The molecule has 3 aliphatic heterocycles. The second-order valence-electron chi connectivity index (χ2n) is 8.95. The summed E-state index contributed by atoms with van der Waals surface area (Å²) in [6.45, 7) is 0.372. The van der Waals surface area contributed by atoms with Gasteiger partial charge in [0.1, 0.15) is 17.5 Å². The van der Waals surface area contributed by atoms with Crippen LogP contribution in [0, 0.1) is 0 Å². The molecule has 0 aliphatic carbocycles. The fourth-order valence-corrected chi connectivity index (χ4v) is 5.59. The van der Waals surface area contributed by atoms with E-state index in [0.29, 0.717) is 35.8 Å². The van der Waals surface area contributed by atoms with Gasteiger partial charge in [0, 0.05) is 35.8 Å². The molecule has 0 radical (unpaired) electrons. The Kier molecular flexibility index (Phi) is 4.80. The van der Waals surface area contributed by atoms with Crippen LogP contribution in [0.1, 0.15) is 6.42 Å². The smallest absolute Gasteiger partial charge is 0.332 e. The minimum absolute atomic E-state index is 0.202. The predicted molar refractivity (Wildman–Crippen MR) is 130 cm³/mol. The summed E-state index contributed by atoms with van der Waals surface area (Å²) in [5.41, 5.74) is 1.10. The zero-order valence-corrected chi connectivity index (χ0v) is 19.3. The highest BCUT2D eigenvalue weighted by Gasteiger charge is 2.63. The van der Waals surface area contributed by atoms with E-state index in [1.165, 1.54) is 4.90 Å². The van der Waals surface area contributed by atoms with Crippen molar-refractivity contribution in [1.82, 2.24) is 9.80 Å². The molecule has 5 amide bonds. The average molecular weight is 473 g/mol. The summed E-state index contributed by atoms with van der Waals surface area (Å²) in [5, 5.41) is 4.68. The number of carbonyl (C=O) groups excluding carboxylic acids is 3. The van der Waals surface area contributed by atoms with Gasteiger partial charge in [-0.15, -0.1) is 0 Å². The molecule has 6 rings (SSSR count). The lowest BCUT2D eigenvalue weighted by Gasteiger charge is -2.34. The monoisotopic (exact) mass is 472 g/mol. The van der Waals surface area contributed by atoms with Gasteiger partial charge in [-0.3, -0.25) is 4.79 Å². The first-order valence-corrected chi connectivity index (χ1v) is 11.4. The molecule has 9 heteroatoms. The number of imide groups is 1. The number of carbonyl (C=O) groups is 3. The van der Waals surface area contributed by atoms with Crippen LogP contribution < -0.4 is 19.7 Å². The van der Waals surface area contributed by atoms with Crippen LogP contribution in [0.2, 0.25) is 0 Å². The molecule has 3 saturated heterocycles. The van der Waals surface area contributed by atoms with Gasteiger partial charge >= 0.3 is 12.1 Å². The van der Waals surface area contributed by atoms with Crippen LogP contribution in [-0.4, -0.2) is 66.7 Å². The molecule has 3 aromatic rings. The zero-order chi connectivity index (χ0) is 24.3. The Morgan fingerprint density at radius 1 is 0.971 bits per heavy atom. The molecule has 3 aromatic carbocycles. The number of amides is 5.